The zero-order valence-electron chi connectivity index (χ0n) is 10.7. The van der Waals surface area contributed by atoms with E-state index in [0.717, 1.165) is 31.8 Å². The van der Waals surface area contributed by atoms with Gasteiger partial charge in [0.2, 0.25) is 0 Å². The van der Waals surface area contributed by atoms with E-state index in [4.69, 9.17) is 11.5 Å². The number of nitrogens with zero attached hydrogens (tertiary/aromatic N) is 2. The molecule has 5 heteroatoms. The first-order valence-electron chi connectivity index (χ1n) is 6.39. The van der Waals surface area contributed by atoms with Gasteiger partial charge in [-0.15, -0.1) is 0 Å². The monoisotopic (exact) mass is 248 g/mol. The zero-order chi connectivity index (χ0) is 13.1. The lowest BCUT2D eigenvalue weighted by Crippen LogP contribution is -2.27. The Hall–Kier alpha value is -1.78. The topological polar surface area (TPSA) is 85.2 Å². The van der Waals surface area contributed by atoms with Crippen LogP contribution in [0.25, 0.3) is 0 Å². The van der Waals surface area contributed by atoms with E-state index in [1.165, 1.54) is 6.42 Å². The molecular weight excluding hydrogens is 228 g/mol. The van der Waals surface area contributed by atoms with Crippen molar-refractivity contribution in [1.82, 2.24) is 4.98 Å². The van der Waals surface area contributed by atoms with Gasteiger partial charge in [0, 0.05) is 13.1 Å². The van der Waals surface area contributed by atoms with Gasteiger partial charge in [0.05, 0.1) is 5.69 Å². The van der Waals surface area contributed by atoms with Gasteiger partial charge >= 0.3 is 0 Å². The highest BCUT2D eigenvalue weighted by molar-refractivity contribution is 5.91. The van der Waals surface area contributed by atoms with Gasteiger partial charge in [0.1, 0.15) is 5.69 Å². The molecule has 0 aliphatic carbocycles. The average molecular weight is 248 g/mol. The normalized spacial score (nSPS) is 20.5. The molecule has 1 aromatic rings. The highest BCUT2D eigenvalue weighted by atomic mass is 16.1. The summed E-state index contributed by atoms with van der Waals surface area (Å²) in [5.41, 5.74) is 12.1. The molecule has 0 aromatic carbocycles. The maximum Gasteiger partial charge on any atom is 0.267 e. The van der Waals surface area contributed by atoms with Gasteiger partial charge in [-0.25, -0.2) is 4.98 Å². The van der Waals surface area contributed by atoms with Crippen molar-refractivity contribution in [2.75, 3.05) is 23.7 Å². The number of carbonyl (C=O) groups excluding carboxylic acids is 1. The average Bonchev–Trinajstić information content (AvgIpc) is 2.54. The second kappa shape index (κ2) is 5.25. The van der Waals surface area contributed by atoms with Crippen LogP contribution in [0.15, 0.2) is 12.1 Å². The van der Waals surface area contributed by atoms with Crippen molar-refractivity contribution in [3.63, 3.8) is 0 Å². The van der Waals surface area contributed by atoms with Crippen LogP contribution in [0.3, 0.4) is 0 Å². The van der Waals surface area contributed by atoms with Crippen LogP contribution < -0.4 is 16.4 Å². The third-order valence-corrected chi connectivity index (χ3v) is 3.47. The molecule has 1 unspecified atom stereocenters. The van der Waals surface area contributed by atoms with Crippen LogP contribution in [0, 0.1) is 5.92 Å². The van der Waals surface area contributed by atoms with Crippen LogP contribution in [0.1, 0.15) is 36.7 Å². The number of primary amides is 1. The van der Waals surface area contributed by atoms with Crippen LogP contribution in [0.2, 0.25) is 0 Å². The molecule has 1 aliphatic heterocycles. The second-order valence-electron chi connectivity index (χ2n) is 5.00. The molecule has 1 aromatic heterocycles. The second-order valence-corrected chi connectivity index (χ2v) is 5.00. The Balaban J connectivity index is 2.25. The molecular formula is C13H20N4O. The number of carbonyl (C=O) groups is 1. The Labute approximate surface area is 107 Å². The van der Waals surface area contributed by atoms with Crippen molar-refractivity contribution >= 4 is 17.4 Å². The van der Waals surface area contributed by atoms with E-state index in [0.29, 0.717) is 11.5 Å². The number of hydrogen-bond donors (Lipinski definition) is 2. The minimum atomic E-state index is -0.514. The lowest BCUT2D eigenvalue weighted by atomic mass is 10.0. The summed E-state index contributed by atoms with van der Waals surface area (Å²) in [4.78, 5) is 17.6. The van der Waals surface area contributed by atoms with E-state index < -0.39 is 5.91 Å². The smallest absolute Gasteiger partial charge is 0.267 e. The predicted octanol–water partition coefficient (Wildman–Crippen LogP) is 1.39. The summed E-state index contributed by atoms with van der Waals surface area (Å²) in [6.45, 7) is 4.13. The largest absolute Gasteiger partial charge is 0.396 e. The zero-order valence-corrected chi connectivity index (χ0v) is 10.7. The quantitative estimate of drug-likeness (QED) is 0.828. The predicted molar refractivity (Wildman–Crippen MR) is 72.4 cm³/mol. The first-order chi connectivity index (χ1) is 8.58. The van der Waals surface area contributed by atoms with Crippen LogP contribution in [0.4, 0.5) is 11.5 Å². The Bertz CT molecular complexity index is 447. The molecule has 2 heterocycles. The van der Waals surface area contributed by atoms with Gasteiger partial charge in [-0.3, -0.25) is 4.79 Å². The fourth-order valence-corrected chi connectivity index (χ4v) is 2.32. The lowest BCUT2D eigenvalue weighted by molar-refractivity contribution is 0.0995. The van der Waals surface area contributed by atoms with Crippen molar-refractivity contribution in [2.24, 2.45) is 11.7 Å². The van der Waals surface area contributed by atoms with Crippen LogP contribution >= 0.6 is 0 Å². The molecule has 1 amide bonds. The van der Waals surface area contributed by atoms with Gasteiger partial charge in [0.15, 0.2) is 5.82 Å². The number of amides is 1. The first kappa shape index (κ1) is 12.7. The molecule has 98 valence electrons. The van der Waals surface area contributed by atoms with Crippen LogP contribution in [0.5, 0.6) is 0 Å². The molecule has 1 saturated heterocycles. The minimum absolute atomic E-state index is 0.275. The van der Waals surface area contributed by atoms with Gasteiger partial charge in [0.25, 0.3) is 5.91 Å². The number of pyridine rings is 1. The summed E-state index contributed by atoms with van der Waals surface area (Å²) in [6, 6.07) is 3.28. The van der Waals surface area contributed by atoms with Crippen molar-refractivity contribution in [3.05, 3.63) is 17.8 Å². The van der Waals surface area contributed by atoms with Crippen molar-refractivity contribution in [2.45, 2.75) is 26.2 Å². The molecule has 5 nitrogen and oxygen atoms in total. The van der Waals surface area contributed by atoms with E-state index in [1.54, 1.807) is 12.1 Å². The molecule has 2 rings (SSSR count). The van der Waals surface area contributed by atoms with E-state index in [1.807, 2.05) is 0 Å². The molecule has 1 fully saturated rings. The van der Waals surface area contributed by atoms with E-state index >= 15 is 0 Å². The number of anilines is 2. The Morgan fingerprint density at radius 2 is 2.17 bits per heavy atom. The minimum Gasteiger partial charge on any atom is -0.396 e. The Morgan fingerprint density at radius 1 is 1.39 bits per heavy atom. The molecule has 18 heavy (non-hydrogen) atoms. The highest BCUT2D eigenvalue weighted by Gasteiger charge is 2.18. The fraction of sp³-hybridized carbons (Fsp3) is 0.538. The first-order valence-corrected chi connectivity index (χ1v) is 6.39. The third kappa shape index (κ3) is 2.72. The van der Waals surface area contributed by atoms with Crippen molar-refractivity contribution in [1.29, 1.82) is 0 Å². The summed E-state index contributed by atoms with van der Waals surface area (Å²) < 4.78 is 0. The highest BCUT2D eigenvalue weighted by Crippen LogP contribution is 2.25. The number of nitrogen functional groups attached to an aromatic ring is 1. The van der Waals surface area contributed by atoms with Gasteiger partial charge in [-0.1, -0.05) is 6.92 Å². The van der Waals surface area contributed by atoms with Gasteiger partial charge in [-0.05, 0) is 37.3 Å². The Kier molecular flexibility index (Phi) is 3.69. The van der Waals surface area contributed by atoms with Crippen LogP contribution in [-0.2, 0) is 0 Å². The number of rotatable bonds is 2. The molecule has 0 spiro atoms. The Morgan fingerprint density at radius 3 is 2.89 bits per heavy atom. The summed E-state index contributed by atoms with van der Waals surface area (Å²) in [5, 5.41) is 0. The molecule has 0 bridgehead atoms. The van der Waals surface area contributed by atoms with Crippen molar-refractivity contribution < 1.29 is 4.79 Å². The van der Waals surface area contributed by atoms with E-state index in [2.05, 4.69) is 16.8 Å². The number of nitrogens with two attached hydrogens (primary N) is 2. The summed E-state index contributed by atoms with van der Waals surface area (Å²) in [7, 11) is 0. The maximum absolute atomic E-state index is 11.2. The third-order valence-electron chi connectivity index (χ3n) is 3.47. The lowest BCUT2D eigenvalue weighted by Gasteiger charge is -2.23. The standard InChI is InChI=1S/C13H20N4O/c1-9-3-2-7-17(8-6-9)13-10(14)4-5-11(16-13)12(15)18/h4-5,9H,2-3,6-8,14H2,1H3,(H2,15,18). The molecule has 0 saturated carbocycles. The van der Waals surface area contributed by atoms with Gasteiger partial charge in [-0.2, -0.15) is 0 Å². The molecule has 1 aliphatic rings. The summed E-state index contributed by atoms with van der Waals surface area (Å²) >= 11 is 0. The summed E-state index contributed by atoms with van der Waals surface area (Å²) in [6.07, 6.45) is 3.48. The van der Waals surface area contributed by atoms with E-state index in [-0.39, 0.29) is 5.69 Å². The molecule has 4 N–H and O–H groups in total. The SMILES string of the molecule is CC1CCCN(c2nc(C(N)=O)ccc2N)CC1. The van der Waals surface area contributed by atoms with Crippen molar-refractivity contribution in [3.8, 4) is 0 Å². The fourth-order valence-electron chi connectivity index (χ4n) is 2.32. The van der Waals surface area contributed by atoms with E-state index in [9.17, 15) is 4.79 Å². The maximum atomic E-state index is 11.2. The number of aromatic nitrogens is 1. The molecule has 1 atom stereocenters. The van der Waals surface area contributed by atoms with Crippen LogP contribution in [-0.4, -0.2) is 24.0 Å². The number of hydrogen-bond acceptors (Lipinski definition) is 4. The molecule has 0 radical (unpaired) electrons. The van der Waals surface area contributed by atoms with Gasteiger partial charge < -0.3 is 16.4 Å². The summed E-state index contributed by atoms with van der Waals surface area (Å²) in [5.74, 6) is 0.912.